The van der Waals surface area contributed by atoms with Crippen LogP contribution in [0.2, 0.25) is 0 Å². The molecule has 1 atom stereocenters. The van der Waals surface area contributed by atoms with E-state index in [1.54, 1.807) is 0 Å². The fourth-order valence-electron chi connectivity index (χ4n) is 1.24. The summed E-state index contributed by atoms with van der Waals surface area (Å²) in [6.45, 7) is 4.34. The monoisotopic (exact) mass is 182 g/mol. The van der Waals surface area contributed by atoms with Crippen LogP contribution in [0.1, 0.15) is 52.4 Å². The first-order valence-electron chi connectivity index (χ1n) is 5.47. The van der Waals surface area contributed by atoms with Crippen LogP contribution < -0.4 is 0 Å². The average Bonchev–Trinajstić information content (AvgIpc) is 2.17. The first kappa shape index (κ1) is 12.4. The lowest BCUT2D eigenvalue weighted by Crippen LogP contribution is -1.96. The predicted octanol–water partition coefficient (Wildman–Crippen LogP) is 3.74. The Morgan fingerprint density at radius 2 is 1.85 bits per heavy atom. The van der Waals surface area contributed by atoms with Crippen LogP contribution in [0.3, 0.4) is 0 Å². The van der Waals surface area contributed by atoms with Gasteiger partial charge in [0.25, 0.3) is 0 Å². The molecule has 76 valence electrons. The highest BCUT2D eigenvalue weighted by Crippen LogP contribution is 2.08. The number of hydrogen-bond donors (Lipinski definition) is 0. The van der Waals surface area contributed by atoms with E-state index in [0.29, 0.717) is 0 Å². The van der Waals surface area contributed by atoms with E-state index in [4.69, 9.17) is 0 Å². The Morgan fingerprint density at radius 3 is 2.38 bits per heavy atom. The van der Waals surface area contributed by atoms with Crippen molar-refractivity contribution in [2.45, 2.75) is 52.4 Å². The van der Waals surface area contributed by atoms with Crippen LogP contribution >= 0.6 is 0 Å². The van der Waals surface area contributed by atoms with Gasteiger partial charge in [-0.1, -0.05) is 51.7 Å². The molecule has 0 N–H and O–H groups in total. The highest BCUT2D eigenvalue weighted by atomic mass is 16.1. The second kappa shape index (κ2) is 9.50. The summed E-state index contributed by atoms with van der Waals surface area (Å²) in [5, 5.41) is 0. The first-order valence-corrected chi connectivity index (χ1v) is 5.47. The van der Waals surface area contributed by atoms with Gasteiger partial charge in [0.05, 0.1) is 0 Å². The zero-order valence-corrected chi connectivity index (χ0v) is 8.96. The Labute approximate surface area is 82.2 Å². The molecule has 0 aliphatic carbocycles. The molecule has 0 aromatic rings. The largest absolute Gasteiger partial charge is 0.303 e. The maximum absolute atomic E-state index is 10.6. The van der Waals surface area contributed by atoms with Crippen LogP contribution in [0.15, 0.2) is 12.2 Å². The van der Waals surface area contributed by atoms with Crippen LogP contribution in [0.25, 0.3) is 0 Å². The molecule has 1 heteroatoms. The molecule has 0 bridgehead atoms. The minimum absolute atomic E-state index is 0.164. The molecular formula is C12H22O. The van der Waals surface area contributed by atoms with Crippen molar-refractivity contribution >= 4 is 6.29 Å². The third kappa shape index (κ3) is 7.76. The van der Waals surface area contributed by atoms with Gasteiger partial charge in [0, 0.05) is 5.92 Å². The average molecular weight is 182 g/mol. The Balaban J connectivity index is 3.56. The quantitative estimate of drug-likeness (QED) is 0.317. The van der Waals surface area contributed by atoms with E-state index in [1.165, 1.54) is 19.3 Å². The summed E-state index contributed by atoms with van der Waals surface area (Å²) < 4.78 is 0. The fraction of sp³-hybridized carbons (Fsp3) is 0.750. The van der Waals surface area contributed by atoms with Crippen molar-refractivity contribution in [1.82, 2.24) is 0 Å². The van der Waals surface area contributed by atoms with Crippen LogP contribution in [0.5, 0.6) is 0 Å². The number of aldehydes is 1. The first-order chi connectivity index (χ1) is 6.35. The molecule has 0 fully saturated rings. The van der Waals surface area contributed by atoms with E-state index < -0.39 is 0 Å². The van der Waals surface area contributed by atoms with E-state index in [-0.39, 0.29) is 5.92 Å². The third-order valence-electron chi connectivity index (χ3n) is 2.17. The van der Waals surface area contributed by atoms with E-state index in [1.807, 2.05) is 0 Å². The summed E-state index contributed by atoms with van der Waals surface area (Å²) in [6, 6.07) is 0. The van der Waals surface area contributed by atoms with E-state index in [9.17, 15) is 4.79 Å². The normalized spacial score (nSPS) is 13.4. The van der Waals surface area contributed by atoms with E-state index >= 15 is 0 Å². The van der Waals surface area contributed by atoms with Crippen molar-refractivity contribution in [3.63, 3.8) is 0 Å². The summed E-state index contributed by atoms with van der Waals surface area (Å²) in [5.41, 5.74) is 0. The maximum Gasteiger partial charge on any atom is 0.126 e. The van der Waals surface area contributed by atoms with Gasteiger partial charge in [0.1, 0.15) is 6.29 Å². The van der Waals surface area contributed by atoms with Gasteiger partial charge >= 0.3 is 0 Å². The molecule has 0 heterocycles. The Morgan fingerprint density at radius 1 is 1.15 bits per heavy atom. The van der Waals surface area contributed by atoms with Gasteiger partial charge in [0.15, 0.2) is 0 Å². The molecule has 0 aromatic carbocycles. The number of allylic oxidation sites excluding steroid dienone is 2. The van der Waals surface area contributed by atoms with Gasteiger partial charge in [0.2, 0.25) is 0 Å². The highest BCUT2D eigenvalue weighted by molar-refractivity contribution is 5.56. The Bertz CT molecular complexity index is 138. The summed E-state index contributed by atoms with van der Waals surface area (Å²) in [5.74, 6) is 0.164. The fourth-order valence-corrected chi connectivity index (χ4v) is 1.24. The van der Waals surface area contributed by atoms with Gasteiger partial charge < -0.3 is 4.79 Å². The summed E-state index contributed by atoms with van der Waals surface area (Å²) in [7, 11) is 0. The van der Waals surface area contributed by atoms with Crippen molar-refractivity contribution in [2.75, 3.05) is 0 Å². The molecule has 0 aromatic heterocycles. The second-order valence-corrected chi connectivity index (χ2v) is 3.51. The Hall–Kier alpha value is -0.590. The molecule has 0 saturated carbocycles. The van der Waals surface area contributed by atoms with E-state index in [2.05, 4.69) is 26.0 Å². The van der Waals surface area contributed by atoms with Gasteiger partial charge in [-0.3, -0.25) is 0 Å². The molecule has 0 aliphatic heterocycles. The number of unbranched alkanes of at least 4 members (excludes halogenated alkanes) is 3. The number of rotatable bonds is 8. The summed E-state index contributed by atoms with van der Waals surface area (Å²) >= 11 is 0. The minimum atomic E-state index is 0.164. The molecule has 0 amide bonds. The lowest BCUT2D eigenvalue weighted by Gasteiger charge is -2.02. The molecule has 0 spiro atoms. The highest BCUT2D eigenvalue weighted by Gasteiger charge is 2.00. The van der Waals surface area contributed by atoms with Crippen LogP contribution in [0, 0.1) is 5.92 Å². The second-order valence-electron chi connectivity index (χ2n) is 3.51. The number of carbonyl (C=O) groups excluding carboxylic acids is 1. The van der Waals surface area contributed by atoms with Crippen molar-refractivity contribution < 1.29 is 4.79 Å². The molecule has 0 aliphatic rings. The topological polar surface area (TPSA) is 17.1 Å². The van der Waals surface area contributed by atoms with Crippen LogP contribution in [-0.4, -0.2) is 6.29 Å². The standard InChI is InChI=1S/C12H22O/c1-3-5-7-8-10-12(11-13)9-6-4-2/h8,10-12H,3-7,9H2,1-2H3. The molecule has 1 unspecified atom stereocenters. The number of hydrogen-bond acceptors (Lipinski definition) is 1. The Kier molecular flexibility index (Phi) is 9.07. The third-order valence-corrected chi connectivity index (χ3v) is 2.17. The molecule has 13 heavy (non-hydrogen) atoms. The maximum atomic E-state index is 10.6. The van der Waals surface area contributed by atoms with Crippen LogP contribution in [0.4, 0.5) is 0 Å². The van der Waals surface area contributed by atoms with Gasteiger partial charge in [-0.05, 0) is 12.8 Å². The predicted molar refractivity (Wildman–Crippen MR) is 57.7 cm³/mol. The number of carbonyl (C=O) groups is 1. The van der Waals surface area contributed by atoms with Crippen molar-refractivity contribution in [2.24, 2.45) is 5.92 Å². The lowest BCUT2D eigenvalue weighted by atomic mass is 10.0. The van der Waals surface area contributed by atoms with Crippen LogP contribution in [-0.2, 0) is 4.79 Å². The molecule has 0 rings (SSSR count). The smallest absolute Gasteiger partial charge is 0.126 e. The van der Waals surface area contributed by atoms with Gasteiger partial charge in [-0.15, -0.1) is 0 Å². The molecule has 1 nitrogen and oxygen atoms in total. The molecule has 0 saturated heterocycles. The van der Waals surface area contributed by atoms with Crippen molar-refractivity contribution in [3.8, 4) is 0 Å². The summed E-state index contributed by atoms with van der Waals surface area (Å²) in [4.78, 5) is 10.6. The zero-order chi connectivity index (χ0) is 9.94. The van der Waals surface area contributed by atoms with Crippen molar-refractivity contribution in [3.05, 3.63) is 12.2 Å². The lowest BCUT2D eigenvalue weighted by molar-refractivity contribution is -0.110. The molecule has 0 radical (unpaired) electrons. The van der Waals surface area contributed by atoms with Gasteiger partial charge in [-0.25, -0.2) is 0 Å². The van der Waals surface area contributed by atoms with E-state index in [0.717, 1.165) is 25.5 Å². The SMILES string of the molecule is CCCCC=CC(C=O)CCCC. The van der Waals surface area contributed by atoms with Gasteiger partial charge in [-0.2, -0.15) is 0 Å². The molecular weight excluding hydrogens is 160 g/mol. The van der Waals surface area contributed by atoms with Crippen molar-refractivity contribution in [1.29, 1.82) is 0 Å². The summed E-state index contributed by atoms with van der Waals surface area (Å²) in [6.07, 6.45) is 12.2. The zero-order valence-electron chi connectivity index (χ0n) is 8.96. The minimum Gasteiger partial charge on any atom is -0.303 e.